The van der Waals surface area contributed by atoms with Crippen LogP contribution in [0.2, 0.25) is 0 Å². The minimum absolute atomic E-state index is 0.0314. The summed E-state index contributed by atoms with van der Waals surface area (Å²) in [6.07, 6.45) is 1.30. The van der Waals surface area contributed by atoms with Crippen LogP contribution in [0.5, 0.6) is 11.5 Å². The van der Waals surface area contributed by atoms with Gasteiger partial charge in [-0.3, -0.25) is 9.69 Å². The first-order valence-corrected chi connectivity index (χ1v) is 11.9. The van der Waals surface area contributed by atoms with Crippen LogP contribution < -0.4 is 13.8 Å². The maximum absolute atomic E-state index is 12.7. The molecule has 31 heavy (non-hydrogen) atoms. The van der Waals surface area contributed by atoms with E-state index < -0.39 is 16.2 Å². The molecule has 1 fully saturated rings. The fourth-order valence-corrected chi connectivity index (χ4v) is 4.81. The Kier molecular flexibility index (Phi) is 6.46. The number of methoxy groups -OCH3 is 1. The van der Waals surface area contributed by atoms with Crippen molar-refractivity contribution in [3.63, 3.8) is 0 Å². The molecule has 0 aromatic heterocycles. The number of unbranched alkanes of at least 4 members (excludes halogenated alkanes) is 1. The van der Waals surface area contributed by atoms with Crippen molar-refractivity contribution in [2.45, 2.75) is 46.6 Å². The topological polar surface area (TPSA) is 72.9 Å². The second-order valence-electron chi connectivity index (χ2n) is 7.92. The van der Waals surface area contributed by atoms with Gasteiger partial charge in [-0.1, -0.05) is 32.1 Å². The second kappa shape index (κ2) is 8.75. The van der Waals surface area contributed by atoms with E-state index in [2.05, 4.69) is 6.58 Å². The molecule has 7 heteroatoms. The number of aryl methyl sites for hydroxylation is 2. The van der Waals surface area contributed by atoms with E-state index in [1.54, 1.807) is 31.1 Å². The largest absolute Gasteiger partial charge is 0.496 e. The molecule has 0 radical (unpaired) electrons. The van der Waals surface area contributed by atoms with Crippen LogP contribution in [0.25, 0.3) is 0 Å². The molecule has 0 bridgehead atoms. The summed E-state index contributed by atoms with van der Waals surface area (Å²) in [5, 5.41) is 0. The van der Waals surface area contributed by atoms with Gasteiger partial charge < -0.3 is 8.92 Å². The van der Waals surface area contributed by atoms with Crippen molar-refractivity contribution in [3.05, 3.63) is 64.7 Å². The molecule has 2 aromatic carbocycles. The van der Waals surface area contributed by atoms with E-state index in [9.17, 15) is 13.2 Å². The zero-order valence-corrected chi connectivity index (χ0v) is 19.5. The maximum atomic E-state index is 12.7. The van der Waals surface area contributed by atoms with Crippen molar-refractivity contribution in [2.75, 3.05) is 17.8 Å². The summed E-state index contributed by atoms with van der Waals surface area (Å²) in [4.78, 5) is 14.3. The number of rotatable bonds is 8. The number of nitrogens with zero attached hydrogens (tertiary/aromatic N) is 1. The SMILES string of the molecule is C=C1C(=O)N(c2cc(C)c(C)c(OC)c2)[C@H]1c1ccc(C)c(OS(=O)(=O)CCCC)c1. The molecule has 0 N–H and O–H groups in total. The molecule has 0 saturated carbocycles. The van der Waals surface area contributed by atoms with E-state index in [1.807, 2.05) is 39.0 Å². The van der Waals surface area contributed by atoms with Crippen LogP contribution in [0.1, 0.15) is 48.1 Å². The van der Waals surface area contributed by atoms with Gasteiger partial charge in [-0.25, -0.2) is 0 Å². The monoisotopic (exact) mass is 443 g/mol. The Morgan fingerprint density at radius 1 is 1.06 bits per heavy atom. The minimum Gasteiger partial charge on any atom is -0.496 e. The van der Waals surface area contributed by atoms with Crippen LogP contribution in [-0.2, 0) is 14.9 Å². The van der Waals surface area contributed by atoms with Crippen molar-refractivity contribution < 1.29 is 22.1 Å². The number of amides is 1. The first-order chi connectivity index (χ1) is 14.6. The Morgan fingerprint density at radius 2 is 1.77 bits per heavy atom. The highest BCUT2D eigenvalue weighted by Crippen LogP contribution is 2.45. The minimum atomic E-state index is -3.68. The van der Waals surface area contributed by atoms with Crippen LogP contribution in [0.3, 0.4) is 0 Å². The lowest BCUT2D eigenvalue weighted by atomic mass is 9.87. The first-order valence-electron chi connectivity index (χ1n) is 10.3. The molecule has 2 aromatic rings. The molecule has 0 aliphatic carbocycles. The standard InChI is InChI=1S/C24H29NO5S/c1-7-8-11-31(27,28)30-21-13-19(10-9-15(21)2)23-18(5)24(26)25(23)20-12-16(3)17(4)22(14-20)29-6/h9-10,12-14,23H,5,7-8,11H2,1-4,6H3/t23-/m1/s1. The molecule has 1 aliphatic rings. The molecular formula is C24H29NO5S. The summed E-state index contributed by atoms with van der Waals surface area (Å²) < 4.78 is 35.4. The summed E-state index contributed by atoms with van der Waals surface area (Å²) in [6, 6.07) is 8.73. The normalized spacial score (nSPS) is 16.3. The van der Waals surface area contributed by atoms with Crippen LogP contribution in [-0.4, -0.2) is 27.2 Å². The van der Waals surface area contributed by atoms with Gasteiger partial charge in [0.25, 0.3) is 5.91 Å². The molecule has 1 atom stereocenters. The molecule has 1 heterocycles. The molecule has 166 valence electrons. The predicted molar refractivity (Wildman–Crippen MR) is 122 cm³/mol. The molecule has 3 rings (SSSR count). The molecule has 1 aliphatic heterocycles. The summed E-state index contributed by atoms with van der Waals surface area (Å²) in [5.74, 6) is 0.775. The van der Waals surface area contributed by atoms with Gasteiger partial charge >= 0.3 is 10.1 Å². The molecule has 0 spiro atoms. The van der Waals surface area contributed by atoms with E-state index in [0.717, 1.165) is 23.1 Å². The Hall–Kier alpha value is -2.80. The zero-order valence-electron chi connectivity index (χ0n) is 18.7. The number of anilines is 1. The van der Waals surface area contributed by atoms with Crippen LogP contribution in [0.15, 0.2) is 42.5 Å². The number of ether oxygens (including phenoxy) is 1. The van der Waals surface area contributed by atoms with E-state index >= 15 is 0 Å². The number of hydrogen-bond donors (Lipinski definition) is 0. The Bertz CT molecular complexity index is 1140. The number of hydrogen-bond acceptors (Lipinski definition) is 5. The number of carbonyl (C=O) groups excluding carboxylic acids is 1. The predicted octanol–water partition coefficient (Wildman–Crippen LogP) is 4.77. The quantitative estimate of drug-likeness (QED) is 0.334. The van der Waals surface area contributed by atoms with Crippen molar-refractivity contribution in [1.82, 2.24) is 0 Å². The Morgan fingerprint density at radius 3 is 2.42 bits per heavy atom. The first kappa shape index (κ1) is 22.9. The summed E-state index contributed by atoms with van der Waals surface area (Å²) in [6.45, 7) is 11.6. The van der Waals surface area contributed by atoms with Crippen molar-refractivity contribution in [1.29, 1.82) is 0 Å². The third kappa shape index (κ3) is 4.46. The van der Waals surface area contributed by atoms with E-state index in [4.69, 9.17) is 8.92 Å². The smallest absolute Gasteiger partial charge is 0.309 e. The third-order valence-corrected chi connectivity index (χ3v) is 6.90. The van der Waals surface area contributed by atoms with Gasteiger partial charge in [-0.15, -0.1) is 0 Å². The molecule has 6 nitrogen and oxygen atoms in total. The lowest BCUT2D eigenvalue weighted by Gasteiger charge is -2.43. The van der Waals surface area contributed by atoms with E-state index in [1.165, 1.54) is 0 Å². The summed E-state index contributed by atoms with van der Waals surface area (Å²) >= 11 is 0. The van der Waals surface area contributed by atoms with Gasteiger partial charge in [-0.2, -0.15) is 8.42 Å². The summed E-state index contributed by atoms with van der Waals surface area (Å²) in [7, 11) is -2.08. The van der Waals surface area contributed by atoms with Crippen molar-refractivity contribution in [3.8, 4) is 11.5 Å². The van der Waals surface area contributed by atoms with Crippen LogP contribution in [0.4, 0.5) is 5.69 Å². The summed E-state index contributed by atoms with van der Waals surface area (Å²) in [5.41, 5.74) is 4.63. The Balaban J connectivity index is 1.97. The fourth-order valence-electron chi connectivity index (χ4n) is 3.63. The van der Waals surface area contributed by atoms with Crippen LogP contribution in [0, 0.1) is 20.8 Å². The second-order valence-corrected chi connectivity index (χ2v) is 9.61. The highest BCUT2D eigenvalue weighted by Gasteiger charge is 2.43. The van der Waals surface area contributed by atoms with Gasteiger partial charge in [0, 0.05) is 17.3 Å². The van der Waals surface area contributed by atoms with Crippen LogP contribution >= 0.6 is 0 Å². The highest BCUT2D eigenvalue weighted by molar-refractivity contribution is 7.87. The van der Waals surface area contributed by atoms with Crippen molar-refractivity contribution >= 4 is 21.7 Å². The lowest BCUT2D eigenvalue weighted by molar-refractivity contribution is -0.119. The molecule has 1 saturated heterocycles. The van der Waals surface area contributed by atoms with Gasteiger partial charge in [0.15, 0.2) is 0 Å². The average Bonchev–Trinajstić information content (AvgIpc) is 2.73. The average molecular weight is 444 g/mol. The maximum Gasteiger partial charge on any atom is 0.309 e. The van der Waals surface area contributed by atoms with Crippen molar-refractivity contribution in [2.24, 2.45) is 0 Å². The molecular weight excluding hydrogens is 414 g/mol. The van der Waals surface area contributed by atoms with Gasteiger partial charge in [0.2, 0.25) is 0 Å². The lowest BCUT2D eigenvalue weighted by Crippen LogP contribution is -2.48. The number of β-lactam (4-membered cyclic amide) rings is 1. The number of carbonyl (C=O) groups is 1. The number of benzene rings is 2. The zero-order chi connectivity index (χ0) is 22.9. The highest BCUT2D eigenvalue weighted by atomic mass is 32.2. The van der Waals surface area contributed by atoms with E-state index in [-0.39, 0.29) is 17.4 Å². The van der Waals surface area contributed by atoms with E-state index in [0.29, 0.717) is 29.0 Å². The van der Waals surface area contributed by atoms with Gasteiger partial charge in [0.1, 0.15) is 11.5 Å². The molecule has 1 amide bonds. The third-order valence-electron chi connectivity index (χ3n) is 5.68. The van der Waals surface area contributed by atoms with Gasteiger partial charge in [-0.05, 0) is 61.6 Å². The fraction of sp³-hybridized carbons (Fsp3) is 0.375. The van der Waals surface area contributed by atoms with Gasteiger partial charge in [0.05, 0.1) is 18.9 Å². The molecule has 0 unspecified atom stereocenters. The Labute approximate surface area is 184 Å².